The largest absolute Gasteiger partial charge is 0.482 e. The molecule has 0 bridgehead atoms. The zero-order valence-corrected chi connectivity index (χ0v) is 22.8. The van der Waals surface area contributed by atoms with Crippen LogP contribution in [0.3, 0.4) is 0 Å². The van der Waals surface area contributed by atoms with E-state index < -0.39 is 73.8 Å². The maximum atomic E-state index is 12.1. The van der Waals surface area contributed by atoms with Crippen molar-refractivity contribution in [3.63, 3.8) is 0 Å². The van der Waals surface area contributed by atoms with Crippen molar-refractivity contribution in [2.24, 2.45) is 0 Å². The summed E-state index contributed by atoms with van der Waals surface area (Å²) in [7, 11) is 0. The molecule has 3 rings (SSSR count). The molecule has 41 heavy (non-hydrogen) atoms. The van der Waals surface area contributed by atoms with E-state index in [0.29, 0.717) is 16.9 Å². The fourth-order valence-corrected chi connectivity index (χ4v) is 4.12. The molecule has 0 saturated carbocycles. The van der Waals surface area contributed by atoms with Crippen molar-refractivity contribution < 1.29 is 62.2 Å². The highest BCUT2D eigenvalue weighted by Crippen LogP contribution is 2.36. The first-order chi connectivity index (χ1) is 19.4. The summed E-state index contributed by atoms with van der Waals surface area (Å²) in [5, 5.41) is 8.93. The fraction of sp³-hybridized carbons (Fsp3) is 0.393. The number of benzene rings is 2. The number of carbonyl (C=O) groups is 5. The molecule has 1 aliphatic rings. The number of hydrogen-bond donors (Lipinski definition) is 1. The maximum Gasteiger partial charge on any atom is 0.341 e. The number of para-hydroxylation sites is 1. The third-order valence-electron chi connectivity index (χ3n) is 5.59. The van der Waals surface area contributed by atoms with Crippen LogP contribution < -0.4 is 9.47 Å². The molecule has 0 spiro atoms. The number of rotatable bonds is 11. The van der Waals surface area contributed by atoms with Crippen LogP contribution in [0.25, 0.3) is 11.1 Å². The number of carboxylic acid groups (broad SMARTS) is 1. The van der Waals surface area contributed by atoms with E-state index in [1.165, 1.54) is 6.92 Å². The van der Waals surface area contributed by atoms with Crippen LogP contribution in [0, 0.1) is 0 Å². The highest BCUT2D eigenvalue weighted by atomic mass is 16.7. The van der Waals surface area contributed by atoms with Crippen LogP contribution in [0.15, 0.2) is 48.5 Å². The van der Waals surface area contributed by atoms with Gasteiger partial charge in [0.25, 0.3) is 0 Å². The van der Waals surface area contributed by atoms with Crippen LogP contribution in [0.5, 0.6) is 11.5 Å². The zero-order valence-electron chi connectivity index (χ0n) is 22.8. The van der Waals surface area contributed by atoms with E-state index in [1.54, 1.807) is 48.5 Å². The minimum atomic E-state index is -1.43. The Morgan fingerprint density at radius 1 is 0.780 bits per heavy atom. The Labute approximate surface area is 235 Å². The van der Waals surface area contributed by atoms with Gasteiger partial charge >= 0.3 is 29.8 Å². The minimum Gasteiger partial charge on any atom is -0.482 e. The fourth-order valence-electron chi connectivity index (χ4n) is 4.12. The molecule has 1 aliphatic heterocycles. The number of esters is 4. The Hall–Kier alpha value is -4.65. The molecular formula is C28H30O13. The lowest BCUT2D eigenvalue weighted by molar-refractivity contribution is -0.288. The lowest BCUT2D eigenvalue weighted by atomic mass is 9.98. The van der Waals surface area contributed by atoms with Crippen molar-refractivity contribution >= 4 is 29.8 Å². The van der Waals surface area contributed by atoms with Crippen LogP contribution >= 0.6 is 0 Å². The molecule has 2 aromatic carbocycles. The first-order valence-electron chi connectivity index (χ1n) is 12.5. The van der Waals surface area contributed by atoms with E-state index in [1.807, 2.05) is 0 Å². The minimum absolute atomic E-state index is 0.240. The molecule has 0 unspecified atom stereocenters. The third-order valence-corrected chi connectivity index (χ3v) is 5.59. The van der Waals surface area contributed by atoms with E-state index >= 15 is 0 Å². The molecule has 13 heteroatoms. The van der Waals surface area contributed by atoms with Gasteiger partial charge in [0.1, 0.15) is 24.2 Å². The van der Waals surface area contributed by atoms with E-state index in [9.17, 15) is 24.0 Å². The van der Waals surface area contributed by atoms with E-state index in [0.717, 1.165) is 20.8 Å². The van der Waals surface area contributed by atoms with Gasteiger partial charge in [-0.3, -0.25) is 19.2 Å². The molecule has 0 aromatic heterocycles. The average molecular weight is 575 g/mol. The number of ether oxygens (including phenoxy) is 7. The van der Waals surface area contributed by atoms with Crippen molar-refractivity contribution in [3.05, 3.63) is 48.5 Å². The molecule has 1 saturated heterocycles. The van der Waals surface area contributed by atoms with Gasteiger partial charge in [-0.25, -0.2) is 4.79 Å². The molecule has 220 valence electrons. The van der Waals surface area contributed by atoms with Gasteiger partial charge in [0.05, 0.1) is 0 Å². The Balaban J connectivity index is 2.02. The number of carbonyl (C=O) groups excluding carboxylic acids is 4. The summed E-state index contributed by atoms with van der Waals surface area (Å²) in [5.74, 6) is -3.52. The number of aliphatic carboxylic acids is 1. The van der Waals surface area contributed by atoms with Crippen molar-refractivity contribution in [1.29, 1.82) is 0 Å². The van der Waals surface area contributed by atoms with Gasteiger partial charge in [-0.1, -0.05) is 30.3 Å². The lowest BCUT2D eigenvalue weighted by Gasteiger charge is -2.44. The molecule has 0 aliphatic carbocycles. The molecule has 13 nitrogen and oxygen atoms in total. The summed E-state index contributed by atoms with van der Waals surface area (Å²) in [6, 6.07) is 13.3. The van der Waals surface area contributed by atoms with Crippen molar-refractivity contribution in [2.75, 3.05) is 13.2 Å². The summed E-state index contributed by atoms with van der Waals surface area (Å²) in [6.07, 6.45) is -6.72. The molecular weight excluding hydrogens is 544 g/mol. The van der Waals surface area contributed by atoms with E-state index in [2.05, 4.69) is 0 Å². The predicted molar refractivity (Wildman–Crippen MR) is 138 cm³/mol. The van der Waals surface area contributed by atoms with Crippen LogP contribution in [0.2, 0.25) is 0 Å². The van der Waals surface area contributed by atoms with Gasteiger partial charge < -0.3 is 38.3 Å². The van der Waals surface area contributed by atoms with Crippen molar-refractivity contribution in [1.82, 2.24) is 0 Å². The molecule has 5 atom stereocenters. The second kappa shape index (κ2) is 14.1. The van der Waals surface area contributed by atoms with Gasteiger partial charge in [-0.15, -0.1) is 0 Å². The molecule has 0 radical (unpaired) electrons. The standard InChI is InChI=1S/C28H30O13/c1-15(29)35-13-23-25(37-16(2)30)26(38-17(3)31)27(39-18(4)32)28(41-23)40-22-11-6-5-10-21(22)19-8-7-9-20(12-19)36-14-24(33)34/h5-12,23,25-28H,13-14H2,1-4H3,(H,33,34)/t23-,25-,26+,27+,28-/m1/s1. The SMILES string of the molecule is CC(=O)OC[C@H]1O[C@@H](Oc2ccccc2-c2cccc(OCC(=O)O)c2)[C@@H](OC(C)=O)[C@@H](OC(C)=O)[C@@H]1OC(C)=O. The first-order valence-corrected chi connectivity index (χ1v) is 12.5. The highest BCUT2D eigenvalue weighted by molar-refractivity contribution is 5.72. The summed E-state index contributed by atoms with van der Waals surface area (Å²) < 4.78 is 38.9. The Kier molecular flexibility index (Phi) is 10.6. The smallest absolute Gasteiger partial charge is 0.341 e. The van der Waals surface area contributed by atoms with Crippen LogP contribution in [-0.4, -0.2) is 78.9 Å². The Bertz CT molecular complexity index is 1270. The van der Waals surface area contributed by atoms with Crippen molar-refractivity contribution in [2.45, 2.75) is 58.4 Å². The second-order valence-electron chi connectivity index (χ2n) is 8.89. The third kappa shape index (κ3) is 8.93. The van der Waals surface area contributed by atoms with Gasteiger partial charge in [0, 0.05) is 33.3 Å². The quantitative estimate of drug-likeness (QED) is 0.306. The Morgan fingerprint density at radius 2 is 1.41 bits per heavy atom. The molecule has 0 amide bonds. The molecule has 2 aromatic rings. The van der Waals surface area contributed by atoms with E-state index in [4.69, 9.17) is 38.3 Å². The first kappa shape index (κ1) is 30.9. The van der Waals surface area contributed by atoms with Crippen LogP contribution in [0.4, 0.5) is 0 Å². The summed E-state index contributed by atoms with van der Waals surface area (Å²) in [5.41, 5.74) is 1.12. The molecule has 1 fully saturated rings. The predicted octanol–water partition coefficient (Wildman–Crippen LogP) is 2.28. The molecule has 1 N–H and O–H groups in total. The Morgan fingerprint density at radius 3 is 2.05 bits per heavy atom. The van der Waals surface area contributed by atoms with Gasteiger partial charge in [0.15, 0.2) is 18.8 Å². The van der Waals surface area contributed by atoms with Gasteiger partial charge in [0.2, 0.25) is 12.4 Å². The number of hydrogen-bond acceptors (Lipinski definition) is 12. The zero-order chi connectivity index (χ0) is 30.1. The van der Waals surface area contributed by atoms with Crippen LogP contribution in [-0.2, 0) is 47.7 Å². The number of carboxylic acids is 1. The van der Waals surface area contributed by atoms with Gasteiger partial charge in [-0.2, -0.15) is 0 Å². The van der Waals surface area contributed by atoms with E-state index in [-0.39, 0.29) is 5.75 Å². The van der Waals surface area contributed by atoms with Gasteiger partial charge in [-0.05, 0) is 23.8 Å². The monoisotopic (exact) mass is 574 g/mol. The average Bonchev–Trinajstić information content (AvgIpc) is 2.89. The van der Waals surface area contributed by atoms with Crippen molar-refractivity contribution in [3.8, 4) is 22.6 Å². The normalized spacial score (nSPS) is 21.6. The summed E-state index contributed by atoms with van der Waals surface area (Å²) in [6.45, 7) is 3.62. The molecule has 1 heterocycles. The summed E-state index contributed by atoms with van der Waals surface area (Å²) >= 11 is 0. The topological polar surface area (TPSA) is 170 Å². The highest BCUT2D eigenvalue weighted by Gasteiger charge is 2.53. The maximum absolute atomic E-state index is 12.1. The second-order valence-corrected chi connectivity index (χ2v) is 8.89. The lowest BCUT2D eigenvalue weighted by Crippen LogP contribution is -2.63. The van der Waals surface area contributed by atoms with Crippen LogP contribution in [0.1, 0.15) is 27.7 Å². The summed E-state index contributed by atoms with van der Waals surface area (Å²) in [4.78, 5) is 58.6.